The van der Waals surface area contributed by atoms with Crippen LogP contribution in [0.2, 0.25) is 0 Å². The number of pyridine rings is 1. The SMILES string of the molecule is CCCCOCC(O)c1ccc(OCc2ccccc2)c2[nH]c(=O)ccc12. The van der Waals surface area contributed by atoms with Crippen molar-refractivity contribution < 1.29 is 14.6 Å². The Balaban J connectivity index is 1.84. The first-order chi connectivity index (χ1) is 13.2. The van der Waals surface area contributed by atoms with Gasteiger partial charge in [0.1, 0.15) is 18.5 Å². The second-order valence-electron chi connectivity index (χ2n) is 6.48. The van der Waals surface area contributed by atoms with Crippen LogP contribution >= 0.6 is 0 Å². The van der Waals surface area contributed by atoms with Gasteiger partial charge in [-0.2, -0.15) is 0 Å². The molecule has 0 aliphatic heterocycles. The van der Waals surface area contributed by atoms with Gasteiger partial charge in [0.15, 0.2) is 0 Å². The Morgan fingerprint density at radius 1 is 1.07 bits per heavy atom. The first kappa shape index (κ1) is 19.1. The zero-order valence-electron chi connectivity index (χ0n) is 15.5. The van der Waals surface area contributed by atoms with Gasteiger partial charge >= 0.3 is 0 Å². The molecule has 1 aromatic heterocycles. The number of fused-ring (bicyclic) bond motifs is 1. The molecule has 0 radical (unpaired) electrons. The van der Waals surface area contributed by atoms with E-state index < -0.39 is 6.10 Å². The summed E-state index contributed by atoms with van der Waals surface area (Å²) in [6.45, 7) is 3.34. The van der Waals surface area contributed by atoms with Crippen molar-refractivity contribution in [1.82, 2.24) is 4.98 Å². The van der Waals surface area contributed by atoms with Crippen LogP contribution in [0.1, 0.15) is 37.0 Å². The number of benzene rings is 2. The molecular weight excluding hydrogens is 342 g/mol. The lowest BCUT2D eigenvalue weighted by atomic mass is 10.0. The number of hydrogen-bond donors (Lipinski definition) is 2. The molecule has 0 aliphatic carbocycles. The number of hydrogen-bond acceptors (Lipinski definition) is 4. The van der Waals surface area contributed by atoms with E-state index in [0.29, 0.717) is 30.0 Å². The number of aromatic amines is 1. The molecule has 1 unspecified atom stereocenters. The van der Waals surface area contributed by atoms with Gasteiger partial charge in [-0.15, -0.1) is 0 Å². The minimum Gasteiger partial charge on any atom is -0.487 e. The predicted molar refractivity (Wildman–Crippen MR) is 106 cm³/mol. The average molecular weight is 367 g/mol. The van der Waals surface area contributed by atoms with E-state index in [9.17, 15) is 9.90 Å². The minimum absolute atomic E-state index is 0.210. The maximum Gasteiger partial charge on any atom is 0.248 e. The smallest absolute Gasteiger partial charge is 0.248 e. The number of nitrogens with one attached hydrogen (secondary N) is 1. The molecule has 1 heterocycles. The van der Waals surface area contributed by atoms with Crippen LogP contribution in [0, 0.1) is 0 Å². The Kier molecular flexibility index (Phi) is 6.63. The van der Waals surface area contributed by atoms with Gasteiger partial charge in [-0.3, -0.25) is 4.79 Å². The fourth-order valence-electron chi connectivity index (χ4n) is 2.93. The predicted octanol–water partition coefficient (Wildman–Crippen LogP) is 3.96. The molecule has 1 atom stereocenters. The first-order valence-corrected chi connectivity index (χ1v) is 9.27. The fraction of sp³-hybridized carbons (Fsp3) is 0.318. The number of H-pyrrole nitrogens is 1. The topological polar surface area (TPSA) is 71.5 Å². The van der Waals surface area contributed by atoms with Crippen LogP contribution in [0.5, 0.6) is 5.75 Å². The number of ether oxygens (including phenoxy) is 2. The van der Waals surface area contributed by atoms with Crippen LogP contribution in [0.4, 0.5) is 0 Å². The summed E-state index contributed by atoms with van der Waals surface area (Å²) in [5, 5.41) is 11.3. The molecule has 5 heteroatoms. The first-order valence-electron chi connectivity index (χ1n) is 9.27. The van der Waals surface area contributed by atoms with E-state index in [2.05, 4.69) is 11.9 Å². The van der Waals surface area contributed by atoms with E-state index in [1.807, 2.05) is 36.4 Å². The highest BCUT2D eigenvalue weighted by molar-refractivity contribution is 5.87. The third kappa shape index (κ3) is 4.96. The van der Waals surface area contributed by atoms with E-state index in [-0.39, 0.29) is 12.2 Å². The van der Waals surface area contributed by atoms with Crippen molar-refractivity contribution in [3.63, 3.8) is 0 Å². The summed E-state index contributed by atoms with van der Waals surface area (Å²) < 4.78 is 11.5. The molecule has 0 bridgehead atoms. The van der Waals surface area contributed by atoms with Crippen molar-refractivity contribution >= 4 is 10.9 Å². The molecule has 0 aliphatic rings. The molecule has 0 saturated heterocycles. The van der Waals surface area contributed by atoms with Crippen molar-refractivity contribution in [1.29, 1.82) is 0 Å². The Morgan fingerprint density at radius 3 is 2.67 bits per heavy atom. The molecule has 0 spiro atoms. The summed E-state index contributed by atoms with van der Waals surface area (Å²) in [7, 11) is 0. The van der Waals surface area contributed by atoms with Crippen LogP contribution in [-0.4, -0.2) is 23.3 Å². The molecule has 142 valence electrons. The van der Waals surface area contributed by atoms with Gasteiger partial charge < -0.3 is 19.6 Å². The van der Waals surface area contributed by atoms with Crippen LogP contribution in [-0.2, 0) is 11.3 Å². The van der Waals surface area contributed by atoms with E-state index >= 15 is 0 Å². The molecule has 5 nitrogen and oxygen atoms in total. The molecule has 0 saturated carbocycles. The molecule has 3 aromatic rings. The highest BCUT2D eigenvalue weighted by atomic mass is 16.5. The van der Waals surface area contributed by atoms with Gasteiger partial charge in [-0.1, -0.05) is 49.7 Å². The van der Waals surface area contributed by atoms with E-state index in [1.165, 1.54) is 6.07 Å². The Bertz CT molecular complexity index is 920. The molecule has 27 heavy (non-hydrogen) atoms. The third-order valence-electron chi connectivity index (χ3n) is 4.40. The van der Waals surface area contributed by atoms with Crippen molar-refractivity contribution in [2.75, 3.05) is 13.2 Å². The van der Waals surface area contributed by atoms with Crippen LogP contribution in [0.25, 0.3) is 10.9 Å². The second kappa shape index (κ2) is 9.35. The zero-order valence-corrected chi connectivity index (χ0v) is 15.5. The van der Waals surface area contributed by atoms with E-state index in [0.717, 1.165) is 23.8 Å². The van der Waals surface area contributed by atoms with E-state index in [1.54, 1.807) is 12.1 Å². The van der Waals surface area contributed by atoms with Gasteiger partial charge in [0.25, 0.3) is 0 Å². The largest absolute Gasteiger partial charge is 0.487 e. The Hall–Kier alpha value is -2.63. The maximum atomic E-state index is 11.8. The van der Waals surface area contributed by atoms with Crippen molar-refractivity contribution in [2.45, 2.75) is 32.5 Å². The molecule has 3 rings (SSSR count). The number of unbranched alkanes of at least 4 members (excludes halogenated alkanes) is 1. The Labute approximate surface area is 158 Å². The molecule has 0 fully saturated rings. The van der Waals surface area contributed by atoms with Crippen molar-refractivity contribution in [2.24, 2.45) is 0 Å². The average Bonchev–Trinajstić information content (AvgIpc) is 2.70. The number of aliphatic hydroxyl groups excluding tert-OH is 1. The molecular formula is C22H25NO4. The lowest BCUT2D eigenvalue weighted by Crippen LogP contribution is -2.11. The summed E-state index contributed by atoms with van der Waals surface area (Å²) in [6.07, 6.45) is 1.25. The summed E-state index contributed by atoms with van der Waals surface area (Å²) in [6, 6.07) is 16.6. The van der Waals surface area contributed by atoms with Gasteiger partial charge in [0.05, 0.1) is 12.1 Å². The minimum atomic E-state index is -0.765. The van der Waals surface area contributed by atoms with E-state index in [4.69, 9.17) is 9.47 Å². The van der Waals surface area contributed by atoms with Crippen molar-refractivity contribution in [3.05, 3.63) is 76.1 Å². The van der Waals surface area contributed by atoms with Crippen LogP contribution < -0.4 is 10.3 Å². The lowest BCUT2D eigenvalue weighted by molar-refractivity contribution is 0.0356. The summed E-state index contributed by atoms with van der Waals surface area (Å²) >= 11 is 0. The Morgan fingerprint density at radius 2 is 1.89 bits per heavy atom. The lowest BCUT2D eigenvalue weighted by Gasteiger charge is -2.16. The summed E-state index contributed by atoms with van der Waals surface area (Å²) in [5.74, 6) is 0.578. The van der Waals surface area contributed by atoms with Gasteiger partial charge in [0.2, 0.25) is 5.56 Å². The normalized spacial score (nSPS) is 12.2. The molecule has 2 aromatic carbocycles. The van der Waals surface area contributed by atoms with Gasteiger partial charge in [-0.05, 0) is 29.7 Å². The highest BCUT2D eigenvalue weighted by Gasteiger charge is 2.15. The number of rotatable bonds is 9. The van der Waals surface area contributed by atoms with Crippen LogP contribution in [0.15, 0.2) is 59.4 Å². The molecule has 2 N–H and O–H groups in total. The van der Waals surface area contributed by atoms with Gasteiger partial charge in [0, 0.05) is 18.1 Å². The van der Waals surface area contributed by atoms with Crippen molar-refractivity contribution in [3.8, 4) is 5.75 Å². The zero-order chi connectivity index (χ0) is 19.1. The quantitative estimate of drug-likeness (QED) is 0.562. The summed E-state index contributed by atoms with van der Waals surface area (Å²) in [5.41, 5.74) is 2.13. The standard InChI is InChI=1S/C22H25NO4/c1-2-3-13-26-15-19(24)17-9-11-20(22-18(17)10-12-21(25)23-22)27-14-16-7-5-4-6-8-16/h4-12,19,24H,2-3,13-15H2,1H3,(H,23,25). The fourth-order valence-corrected chi connectivity index (χ4v) is 2.93. The maximum absolute atomic E-state index is 11.8. The highest BCUT2D eigenvalue weighted by Crippen LogP contribution is 2.30. The monoisotopic (exact) mass is 367 g/mol. The molecule has 0 amide bonds. The summed E-state index contributed by atoms with van der Waals surface area (Å²) in [4.78, 5) is 14.7. The number of aliphatic hydroxyl groups is 1. The van der Waals surface area contributed by atoms with Crippen LogP contribution in [0.3, 0.4) is 0 Å². The number of aromatic nitrogens is 1. The second-order valence-corrected chi connectivity index (χ2v) is 6.48. The van der Waals surface area contributed by atoms with Gasteiger partial charge in [-0.25, -0.2) is 0 Å². The third-order valence-corrected chi connectivity index (χ3v) is 4.40.